The van der Waals surface area contributed by atoms with Gasteiger partial charge in [-0.05, 0) is 32.1 Å². The Kier molecular flexibility index (Phi) is 7.44. The van der Waals surface area contributed by atoms with E-state index in [4.69, 9.17) is 9.47 Å². The second kappa shape index (κ2) is 10.1. The van der Waals surface area contributed by atoms with Gasteiger partial charge in [0.2, 0.25) is 11.8 Å². The first kappa shape index (κ1) is 25.9. The standard InChI is InChI=1S/C27H40N2O6/c1-5-6-9-14-28-15-11-13-27-20(21-25(33)34-16-10-7-8-12-26(21,4)35-27)23(31)29(22(27)24(28)32)19(17-30)18(2)3/h8,11-13,18-22,30H,5-7,9-10,14-17H2,1-4H3/b12-8-/t19-,20-,21-,22?,26+,27-/m0/s1. The SMILES string of the molecule is CCCCCN1CC=C[C@]23O[C@]4(C)/C=C\CCCOC(=O)[C@@H]4[C@H]2C(=O)N([C@@H](CO)C(C)C)C3C1=O. The largest absolute Gasteiger partial charge is 0.465 e. The molecule has 4 heterocycles. The van der Waals surface area contributed by atoms with E-state index in [0.29, 0.717) is 19.5 Å². The summed E-state index contributed by atoms with van der Waals surface area (Å²) in [6.45, 7) is 8.79. The van der Waals surface area contributed by atoms with Crippen LogP contribution in [0.5, 0.6) is 0 Å². The van der Waals surface area contributed by atoms with E-state index in [1.807, 2.05) is 45.1 Å². The first-order valence-corrected chi connectivity index (χ1v) is 13.2. The van der Waals surface area contributed by atoms with Crippen LogP contribution >= 0.6 is 0 Å². The highest BCUT2D eigenvalue weighted by Crippen LogP contribution is 2.57. The van der Waals surface area contributed by atoms with E-state index in [2.05, 4.69) is 6.92 Å². The zero-order valence-electron chi connectivity index (χ0n) is 21.4. The Morgan fingerprint density at radius 3 is 2.57 bits per heavy atom. The molecule has 1 unspecified atom stereocenters. The number of rotatable bonds is 7. The van der Waals surface area contributed by atoms with E-state index < -0.39 is 41.1 Å². The molecule has 8 nitrogen and oxygen atoms in total. The van der Waals surface area contributed by atoms with E-state index in [0.717, 1.165) is 25.7 Å². The molecule has 2 fully saturated rings. The second-order valence-corrected chi connectivity index (χ2v) is 10.8. The summed E-state index contributed by atoms with van der Waals surface area (Å²) in [4.78, 5) is 45.0. The summed E-state index contributed by atoms with van der Waals surface area (Å²) < 4.78 is 12.4. The minimum atomic E-state index is -1.31. The van der Waals surface area contributed by atoms with E-state index in [1.165, 1.54) is 4.90 Å². The van der Waals surface area contributed by atoms with Crippen LogP contribution in [-0.4, -0.2) is 82.3 Å². The van der Waals surface area contributed by atoms with E-state index >= 15 is 0 Å². The van der Waals surface area contributed by atoms with Crippen LogP contribution in [0.1, 0.15) is 59.8 Å². The van der Waals surface area contributed by atoms with Crippen LogP contribution in [0.2, 0.25) is 0 Å². The van der Waals surface area contributed by atoms with Gasteiger partial charge in [-0.2, -0.15) is 0 Å². The summed E-state index contributed by atoms with van der Waals surface area (Å²) in [5.41, 5.74) is -2.39. The van der Waals surface area contributed by atoms with Crippen molar-refractivity contribution in [1.29, 1.82) is 0 Å². The molecule has 1 spiro atoms. The van der Waals surface area contributed by atoms with Crippen molar-refractivity contribution in [1.82, 2.24) is 9.80 Å². The summed E-state index contributed by atoms with van der Waals surface area (Å²) >= 11 is 0. The third-order valence-corrected chi connectivity index (χ3v) is 8.12. The highest BCUT2D eigenvalue weighted by molar-refractivity contribution is 5.99. The molecule has 0 bridgehead atoms. The van der Waals surface area contributed by atoms with Crippen molar-refractivity contribution >= 4 is 17.8 Å². The van der Waals surface area contributed by atoms with Crippen LogP contribution < -0.4 is 0 Å². The number of carbonyl (C=O) groups is 3. The number of ether oxygens (including phenoxy) is 2. The lowest BCUT2D eigenvalue weighted by Crippen LogP contribution is -2.59. The lowest BCUT2D eigenvalue weighted by atomic mass is 9.74. The molecule has 4 rings (SSSR count). The number of fused-ring (bicyclic) bond motifs is 2. The summed E-state index contributed by atoms with van der Waals surface area (Å²) in [6.07, 6.45) is 12.0. The van der Waals surface area contributed by atoms with Gasteiger partial charge < -0.3 is 24.4 Å². The summed E-state index contributed by atoms with van der Waals surface area (Å²) in [5, 5.41) is 10.3. The van der Waals surface area contributed by atoms with Crippen LogP contribution in [0, 0.1) is 17.8 Å². The van der Waals surface area contributed by atoms with Crippen LogP contribution in [0.25, 0.3) is 0 Å². The number of esters is 1. The lowest BCUT2D eigenvalue weighted by Gasteiger charge is -2.41. The number of allylic oxidation sites excluding steroid dienone is 1. The monoisotopic (exact) mass is 488 g/mol. The molecule has 0 aliphatic carbocycles. The minimum Gasteiger partial charge on any atom is -0.465 e. The molecular weight excluding hydrogens is 448 g/mol. The van der Waals surface area contributed by atoms with Gasteiger partial charge in [-0.3, -0.25) is 14.4 Å². The van der Waals surface area contributed by atoms with Crippen LogP contribution in [0.4, 0.5) is 0 Å². The van der Waals surface area contributed by atoms with Gasteiger partial charge >= 0.3 is 5.97 Å². The van der Waals surface area contributed by atoms with Crippen LogP contribution in [0.3, 0.4) is 0 Å². The van der Waals surface area contributed by atoms with Gasteiger partial charge in [0.1, 0.15) is 17.6 Å². The van der Waals surface area contributed by atoms with Gasteiger partial charge in [0.15, 0.2) is 0 Å². The Labute approximate surface area is 208 Å². The van der Waals surface area contributed by atoms with Gasteiger partial charge in [-0.1, -0.05) is 57.9 Å². The molecule has 6 atom stereocenters. The molecule has 0 aromatic heterocycles. The fourth-order valence-corrected chi connectivity index (χ4v) is 6.35. The quantitative estimate of drug-likeness (QED) is 0.336. The maximum Gasteiger partial charge on any atom is 0.313 e. The van der Waals surface area contributed by atoms with Crippen molar-refractivity contribution in [3.8, 4) is 0 Å². The molecule has 35 heavy (non-hydrogen) atoms. The average Bonchev–Trinajstić information content (AvgIpc) is 3.16. The van der Waals surface area contributed by atoms with Crippen molar-refractivity contribution in [3.63, 3.8) is 0 Å². The van der Waals surface area contributed by atoms with E-state index in [-0.39, 0.29) is 30.9 Å². The number of hydrogen-bond donors (Lipinski definition) is 1. The van der Waals surface area contributed by atoms with Gasteiger partial charge in [0, 0.05) is 13.1 Å². The fraction of sp³-hybridized carbons (Fsp3) is 0.741. The molecule has 0 aromatic rings. The number of aliphatic hydroxyl groups is 1. The maximum atomic E-state index is 14.2. The Bertz CT molecular complexity index is 900. The number of hydrogen-bond acceptors (Lipinski definition) is 6. The number of likely N-dealkylation sites (tertiary alicyclic amines) is 1. The number of cyclic esters (lactones) is 1. The smallest absolute Gasteiger partial charge is 0.313 e. The lowest BCUT2D eigenvalue weighted by molar-refractivity contribution is -0.162. The molecule has 2 saturated heterocycles. The molecular formula is C27H40N2O6. The highest BCUT2D eigenvalue weighted by atomic mass is 16.6. The first-order valence-electron chi connectivity index (χ1n) is 13.2. The number of unbranched alkanes of at least 4 members (excludes halogenated alkanes) is 2. The molecule has 4 aliphatic heterocycles. The van der Waals surface area contributed by atoms with E-state index in [1.54, 1.807) is 4.90 Å². The summed E-state index contributed by atoms with van der Waals surface area (Å²) in [6, 6.07) is -1.52. The Morgan fingerprint density at radius 1 is 1.11 bits per heavy atom. The van der Waals surface area contributed by atoms with Crippen molar-refractivity contribution in [2.24, 2.45) is 17.8 Å². The van der Waals surface area contributed by atoms with Crippen molar-refractivity contribution in [3.05, 3.63) is 24.3 Å². The van der Waals surface area contributed by atoms with E-state index in [9.17, 15) is 19.5 Å². The molecule has 194 valence electrons. The van der Waals surface area contributed by atoms with Crippen LogP contribution in [-0.2, 0) is 23.9 Å². The number of carbonyl (C=O) groups excluding carboxylic acids is 3. The molecule has 1 N–H and O–H groups in total. The predicted octanol–water partition coefficient (Wildman–Crippen LogP) is 2.46. The normalized spacial score (nSPS) is 36.6. The van der Waals surface area contributed by atoms with Crippen LogP contribution in [0.15, 0.2) is 24.3 Å². The predicted molar refractivity (Wildman–Crippen MR) is 130 cm³/mol. The Balaban J connectivity index is 1.85. The first-order chi connectivity index (χ1) is 16.7. The number of aliphatic hydroxyl groups excluding tert-OH is 1. The Hall–Kier alpha value is -2.19. The zero-order valence-corrected chi connectivity index (χ0v) is 21.4. The fourth-order valence-electron chi connectivity index (χ4n) is 6.35. The minimum absolute atomic E-state index is 0.0906. The molecule has 0 radical (unpaired) electrons. The molecule has 2 amide bonds. The maximum absolute atomic E-state index is 14.2. The Morgan fingerprint density at radius 2 is 1.89 bits per heavy atom. The van der Waals surface area contributed by atoms with Gasteiger partial charge in [0.05, 0.1) is 30.8 Å². The molecule has 0 aromatic carbocycles. The summed E-state index contributed by atoms with van der Waals surface area (Å²) in [7, 11) is 0. The van der Waals surface area contributed by atoms with Crippen molar-refractivity contribution < 1.29 is 29.0 Å². The number of nitrogens with zero attached hydrogens (tertiary/aromatic N) is 2. The van der Waals surface area contributed by atoms with Crippen molar-refractivity contribution in [2.45, 2.75) is 83.1 Å². The number of amides is 2. The van der Waals surface area contributed by atoms with Gasteiger partial charge in [-0.15, -0.1) is 0 Å². The summed E-state index contributed by atoms with van der Waals surface area (Å²) in [5.74, 6) is -2.86. The third kappa shape index (κ3) is 4.22. The van der Waals surface area contributed by atoms with Gasteiger partial charge in [-0.25, -0.2) is 0 Å². The van der Waals surface area contributed by atoms with Crippen molar-refractivity contribution in [2.75, 3.05) is 26.3 Å². The zero-order chi connectivity index (χ0) is 25.4. The average molecular weight is 489 g/mol. The second-order valence-electron chi connectivity index (χ2n) is 10.8. The molecule has 0 saturated carbocycles. The third-order valence-electron chi connectivity index (χ3n) is 8.12. The topological polar surface area (TPSA) is 96.4 Å². The molecule has 8 heteroatoms. The van der Waals surface area contributed by atoms with Gasteiger partial charge in [0.25, 0.3) is 0 Å². The molecule has 4 aliphatic rings. The highest BCUT2D eigenvalue weighted by Gasteiger charge is 2.75.